The lowest BCUT2D eigenvalue weighted by atomic mass is 10.1. The summed E-state index contributed by atoms with van der Waals surface area (Å²) in [6, 6.07) is 16.7. The van der Waals surface area contributed by atoms with Crippen LogP contribution in [0.2, 0.25) is 0 Å². The second-order valence-corrected chi connectivity index (χ2v) is 8.81. The highest BCUT2D eigenvalue weighted by atomic mass is 32.2. The van der Waals surface area contributed by atoms with E-state index in [9.17, 15) is 29.8 Å². The van der Waals surface area contributed by atoms with Crippen LogP contribution in [0.1, 0.15) is 16.7 Å². The number of imide groups is 1. The Morgan fingerprint density at radius 3 is 2.03 bits per heavy atom. The van der Waals surface area contributed by atoms with E-state index in [0.29, 0.717) is 22.6 Å². The molecule has 0 bridgehead atoms. The summed E-state index contributed by atoms with van der Waals surface area (Å²) in [5.74, 6) is 0.371. The minimum Gasteiger partial charge on any atom is -0.493 e. The number of amides is 2. The van der Waals surface area contributed by atoms with Crippen LogP contribution in [0.4, 0.5) is 16.2 Å². The van der Waals surface area contributed by atoms with E-state index >= 15 is 0 Å². The van der Waals surface area contributed by atoms with Crippen LogP contribution in [0.5, 0.6) is 11.5 Å². The van der Waals surface area contributed by atoms with Gasteiger partial charge < -0.3 is 9.47 Å². The Kier molecular flexibility index (Phi) is 7.49. The Labute approximate surface area is 214 Å². The molecule has 0 aromatic heterocycles. The molecule has 0 aliphatic carbocycles. The number of nitrogens with zero attached hydrogens (tertiary/aromatic N) is 3. The van der Waals surface area contributed by atoms with Gasteiger partial charge in [-0.1, -0.05) is 18.2 Å². The normalized spacial score (nSPS) is 14.2. The molecule has 1 heterocycles. The molecule has 3 aromatic rings. The van der Waals surface area contributed by atoms with Crippen LogP contribution in [0.3, 0.4) is 0 Å². The van der Waals surface area contributed by atoms with Crippen LogP contribution >= 0.6 is 11.8 Å². The van der Waals surface area contributed by atoms with Crippen molar-refractivity contribution in [3.05, 3.63) is 109 Å². The first-order valence-electron chi connectivity index (χ1n) is 10.8. The Balaban J connectivity index is 1.44. The highest BCUT2D eigenvalue weighted by Gasteiger charge is 2.35. The molecule has 188 valence electrons. The molecule has 0 N–H and O–H groups in total. The minimum atomic E-state index is -0.521. The van der Waals surface area contributed by atoms with Crippen LogP contribution in [0.25, 0.3) is 6.08 Å². The van der Waals surface area contributed by atoms with E-state index in [-0.39, 0.29) is 29.4 Å². The zero-order valence-corrected chi connectivity index (χ0v) is 20.2. The van der Waals surface area contributed by atoms with Crippen LogP contribution in [-0.4, -0.2) is 33.0 Å². The van der Waals surface area contributed by atoms with Gasteiger partial charge in [-0.2, -0.15) is 0 Å². The number of nitro benzene ring substituents is 2. The zero-order chi connectivity index (χ0) is 26.5. The number of rotatable bonds is 9. The topological polar surface area (TPSA) is 142 Å². The number of ether oxygens (including phenoxy) is 2. The first kappa shape index (κ1) is 25.4. The molecule has 0 atom stereocenters. The number of methoxy groups -OCH3 is 1. The molecule has 1 fully saturated rings. The van der Waals surface area contributed by atoms with E-state index in [1.807, 2.05) is 0 Å². The van der Waals surface area contributed by atoms with Crippen LogP contribution in [0, 0.1) is 20.2 Å². The molecule has 0 spiro atoms. The van der Waals surface area contributed by atoms with Gasteiger partial charge in [-0.3, -0.25) is 34.7 Å². The summed E-state index contributed by atoms with van der Waals surface area (Å²) in [7, 11) is 1.47. The lowest BCUT2D eigenvalue weighted by Gasteiger charge is -2.12. The van der Waals surface area contributed by atoms with Crippen molar-refractivity contribution in [1.29, 1.82) is 0 Å². The quantitative estimate of drug-likeness (QED) is 0.207. The maximum Gasteiger partial charge on any atom is 0.293 e. The van der Waals surface area contributed by atoms with Crippen molar-refractivity contribution in [3.8, 4) is 11.5 Å². The Hall–Kier alpha value is -4.71. The third kappa shape index (κ3) is 5.93. The van der Waals surface area contributed by atoms with E-state index in [0.717, 1.165) is 22.2 Å². The van der Waals surface area contributed by atoms with E-state index < -0.39 is 21.0 Å². The predicted molar refractivity (Wildman–Crippen MR) is 135 cm³/mol. The van der Waals surface area contributed by atoms with Crippen molar-refractivity contribution in [3.63, 3.8) is 0 Å². The third-order valence-corrected chi connectivity index (χ3v) is 6.30. The molecule has 0 radical (unpaired) electrons. The second kappa shape index (κ2) is 10.9. The summed E-state index contributed by atoms with van der Waals surface area (Å²) in [6.07, 6.45) is 1.57. The SMILES string of the molecule is COc1cc(/C=C2/SC(=O)N(Cc3ccc([N+](=O)[O-])cc3)C2=O)ccc1OCc1ccc([N+](=O)[O-])cc1. The Morgan fingerprint density at radius 1 is 0.865 bits per heavy atom. The molecule has 1 saturated heterocycles. The van der Waals surface area contributed by atoms with E-state index in [1.165, 1.54) is 43.5 Å². The summed E-state index contributed by atoms with van der Waals surface area (Å²) in [5, 5.41) is 21.2. The molecule has 12 heteroatoms. The van der Waals surface area contributed by atoms with Gasteiger partial charge in [0, 0.05) is 24.3 Å². The summed E-state index contributed by atoms with van der Waals surface area (Å²) < 4.78 is 11.2. The average Bonchev–Trinajstić information content (AvgIpc) is 3.15. The van der Waals surface area contributed by atoms with Gasteiger partial charge in [-0.05, 0) is 58.8 Å². The molecule has 0 unspecified atom stereocenters. The lowest BCUT2D eigenvalue weighted by molar-refractivity contribution is -0.385. The predicted octanol–water partition coefficient (Wildman–Crippen LogP) is 5.33. The monoisotopic (exact) mass is 521 g/mol. The minimum absolute atomic E-state index is 0.00125. The van der Waals surface area contributed by atoms with Crippen molar-refractivity contribution >= 4 is 40.4 Å². The van der Waals surface area contributed by atoms with Crippen molar-refractivity contribution in [2.45, 2.75) is 13.2 Å². The smallest absolute Gasteiger partial charge is 0.293 e. The molecule has 2 amide bonds. The zero-order valence-electron chi connectivity index (χ0n) is 19.4. The van der Waals surface area contributed by atoms with E-state index in [1.54, 1.807) is 36.4 Å². The number of hydrogen-bond acceptors (Lipinski definition) is 9. The Morgan fingerprint density at radius 2 is 1.46 bits per heavy atom. The van der Waals surface area contributed by atoms with Gasteiger partial charge in [0.25, 0.3) is 22.5 Å². The van der Waals surface area contributed by atoms with Gasteiger partial charge in [-0.25, -0.2) is 0 Å². The van der Waals surface area contributed by atoms with Crippen molar-refractivity contribution in [2.75, 3.05) is 7.11 Å². The number of non-ortho nitro benzene ring substituents is 2. The van der Waals surface area contributed by atoms with Gasteiger partial charge in [0.05, 0.1) is 28.4 Å². The van der Waals surface area contributed by atoms with Gasteiger partial charge in [-0.15, -0.1) is 0 Å². The summed E-state index contributed by atoms with van der Waals surface area (Å²) in [6.45, 7) is 0.161. The summed E-state index contributed by atoms with van der Waals surface area (Å²) in [5.41, 5.74) is 1.85. The van der Waals surface area contributed by atoms with E-state index in [2.05, 4.69) is 0 Å². The van der Waals surface area contributed by atoms with Crippen LogP contribution in [-0.2, 0) is 17.9 Å². The summed E-state index contributed by atoms with van der Waals surface area (Å²) >= 11 is 0.803. The van der Waals surface area contributed by atoms with Gasteiger partial charge >= 0.3 is 0 Å². The van der Waals surface area contributed by atoms with Crippen molar-refractivity contribution in [2.24, 2.45) is 0 Å². The van der Waals surface area contributed by atoms with Crippen molar-refractivity contribution < 1.29 is 28.9 Å². The first-order valence-corrected chi connectivity index (χ1v) is 11.6. The van der Waals surface area contributed by atoms with Crippen molar-refractivity contribution in [1.82, 2.24) is 4.90 Å². The second-order valence-electron chi connectivity index (χ2n) is 7.81. The molecule has 3 aromatic carbocycles. The highest BCUT2D eigenvalue weighted by Crippen LogP contribution is 2.35. The molecule has 0 saturated carbocycles. The standard InChI is InChI=1S/C25H19N3O8S/c1-35-22-12-18(6-11-21(22)36-15-17-4-9-20(10-5-17)28(33)34)13-23-24(29)26(25(30)37-23)14-16-2-7-19(8-3-16)27(31)32/h2-13H,14-15H2,1H3/b23-13+. The molecule has 1 aliphatic rings. The lowest BCUT2D eigenvalue weighted by Crippen LogP contribution is -2.27. The number of carbonyl (C=O) groups excluding carboxylic acids is 2. The number of hydrogen-bond donors (Lipinski definition) is 0. The van der Waals surface area contributed by atoms with Gasteiger partial charge in [0.2, 0.25) is 0 Å². The molecular formula is C25H19N3O8S. The van der Waals surface area contributed by atoms with Crippen LogP contribution < -0.4 is 9.47 Å². The molecular weight excluding hydrogens is 502 g/mol. The fraction of sp³-hybridized carbons (Fsp3) is 0.120. The van der Waals surface area contributed by atoms with E-state index in [4.69, 9.17) is 9.47 Å². The maximum atomic E-state index is 12.9. The maximum absolute atomic E-state index is 12.9. The average molecular weight is 522 g/mol. The number of nitro groups is 2. The summed E-state index contributed by atoms with van der Waals surface area (Å²) in [4.78, 5) is 47.2. The van der Waals surface area contributed by atoms with Gasteiger partial charge in [0.15, 0.2) is 11.5 Å². The third-order valence-electron chi connectivity index (χ3n) is 5.39. The molecule has 11 nitrogen and oxygen atoms in total. The number of benzene rings is 3. The highest BCUT2D eigenvalue weighted by molar-refractivity contribution is 8.18. The largest absolute Gasteiger partial charge is 0.493 e. The first-order chi connectivity index (χ1) is 17.7. The number of carbonyl (C=O) groups is 2. The van der Waals surface area contributed by atoms with Gasteiger partial charge in [0.1, 0.15) is 6.61 Å². The van der Waals surface area contributed by atoms with Crippen LogP contribution in [0.15, 0.2) is 71.6 Å². The fourth-order valence-electron chi connectivity index (χ4n) is 3.46. The molecule has 37 heavy (non-hydrogen) atoms. The Bertz CT molecular complexity index is 1400. The number of thioether (sulfide) groups is 1. The molecule has 1 aliphatic heterocycles. The fourth-order valence-corrected chi connectivity index (χ4v) is 4.30. The molecule has 4 rings (SSSR count).